The molecule has 0 aliphatic carbocycles. The average molecular weight is 305 g/mol. The lowest BCUT2D eigenvalue weighted by Gasteiger charge is -1.92. The van der Waals surface area contributed by atoms with Crippen molar-refractivity contribution in [2.75, 3.05) is 4.43 Å². The fourth-order valence-electron chi connectivity index (χ4n) is 0.787. The van der Waals surface area contributed by atoms with Crippen LogP contribution in [0.15, 0.2) is 24.3 Å². The molecule has 0 fully saturated rings. The van der Waals surface area contributed by atoms with E-state index >= 15 is 0 Å². The van der Waals surface area contributed by atoms with E-state index in [-0.39, 0.29) is 5.78 Å². The van der Waals surface area contributed by atoms with Crippen molar-refractivity contribution in [3.63, 3.8) is 0 Å². The highest BCUT2D eigenvalue weighted by molar-refractivity contribution is 14.1. The van der Waals surface area contributed by atoms with Crippen molar-refractivity contribution in [2.24, 2.45) is 0 Å². The van der Waals surface area contributed by atoms with Crippen LogP contribution in [0.2, 0.25) is 5.02 Å². The Bertz CT molecular complexity index is 359. The molecular weight excluding hydrogens is 298 g/mol. The molecule has 0 spiro atoms. The summed E-state index contributed by atoms with van der Waals surface area (Å²) in [5, 5.41) is 0.624. The number of hydrogen-bond acceptors (Lipinski definition) is 1. The van der Waals surface area contributed by atoms with Gasteiger partial charge >= 0.3 is 0 Å². The highest BCUT2D eigenvalue weighted by Gasteiger charge is 1.99. The van der Waals surface area contributed by atoms with Crippen molar-refractivity contribution >= 4 is 40.0 Å². The lowest BCUT2D eigenvalue weighted by molar-refractivity contribution is 0.105. The number of ketones is 1. The molecule has 0 aromatic heterocycles. The van der Waals surface area contributed by atoms with Crippen molar-refractivity contribution in [1.29, 1.82) is 0 Å². The van der Waals surface area contributed by atoms with E-state index in [1.165, 1.54) is 0 Å². The van der Waals surface area contributed by atoms with Gasteiger partial charge in [0.05, 0.1) is 4.43 Å². The van der Waals surface area contributed by atoms with Gasteiger partial charge in [-0.2, -0.15) is 0 Å². The van der Waals surface area contributed by atoms with Gasteiger partial charge in [-0.1, -0.05) is 40.1 Å². The quantitative estimate of drug-likeness (QED) is 0.256. The molecule has 3 heteroatoms. The number of rotatable bonds is 1. The molecule has 0 bridgehead atoms. The van der Waals surface area contributed by atoms with Gasteiger partial charge in [-0.3, -0.25) is 4.79 Å². The van der Waals surface area contributed by atoms with Crippen LogP contribution in [0, 0.1) is 11.8 Å². The van der Waals surface area contributed by atoms with Crippen LogP contribution in [0.25, 0.3) is 0 Å². The summed E-state index contributed by atoms with van der Waals surface area (Å²) in [5.74, 6) is 5.08. The third kappa shape index (κ3) is 3.37. The summed E-state index contributed by atoms with van der Waals surface area (Å²) < 4.78 is 0.664. The van der Waals surface area contributed by atoms with Gasteiger partial charge in [-0.05, 0) is 30.2 Å². The minimum atomic E-state index is -0.159. The maximum atomic E-state index is 11.3. The maximum Gasteiger partial charge on any atom is 0.235 e. The van der Waals surface area contributed by atoms with Crippen LogP contribution < -0.4 is 0 Å². The number of carbonyl (C=O) groups excluding carboxylic acids is 1. The summed E-state index contributed by atoms with van der Waals surface area (Å²) in [7, 11) is 0. The predicted octanol–water partition coefficient (Wildman–Crippen LogP) is 2.96. The van der Waals surface area contributed by atoms with E-state index in [0.717, 1.165) is 0 Å². The van der Waals surface area contributed by atoms with Crippen LogP contribution >= 0.6 is 34.2 Å². The summed E-state index contributed by atoms with van der Waals surface area (Å²) in [4.78, 5) is 11.3. The molecule has 0 heterocycles. The Morgan fingerprint density at radius 1 is 1.38 bits per heavy atom. The molecule has 1 aromatic carbocycles. The van der Waals surface area contributed by atoms with Crippen molar-refractivity contribution in [2.45, 2.75) is 0 Å². The van der Waals surface area contributed by atoms with Crippen LogP contribution in [0.5, 0.6) is 0 Å². The van der Waals surface area contributed by atoms with E-state index in [9.17, 15) is 4.79 Å². The molecule has 1 aromatic rings. The molecular formula is C10H6ClIO. The largest absolute Gasteiger partial charge is 0.279 e. The SMILES string of the molecule is O=C(C#CCI)c1ccc(Cl)cc1. The van der Waals surface area contributed by atoms with Crippen LogP contribution in [0.1, 0.15) is 10.4 Å². The highest BCUT2D eigenvalue weighted by Crippen LogP contribution is 2.09. The fourth-order valence-corrected chi connectivity index (χ4v) is 1.10. The molecule has 0 atom stereocenters. The Morgan fingerprint density at radius 3 is 2.54 bits per heavy atom. The summed E-state index contributed by atoms with van der Waals surface area (Å²) in [5.41, 5.74) is 0.585. The third-order valence-corrected chi connectivity index (χ3v) is 2.01. The zero-order valence-electron chi connectivity index (χ0n) is 6.68. The van der Waals surface area contributed by atoms with Crippen LogP contribution in [0.3, 0.4) is 0 Å². The van der Waals surface area contributed by atoms with Gasteiger partial charge in [0.15, 0.2) is 0 Å². The lowest BCUT2D eigenvalue weighted by Crippen LogP contribution is -1.93. The van der Waals surface area contributed by atoms with Gasteiger partial charge < -0.3 is 0 Å². The van der Waals surface area contributed by atoms with Gasteiger partial charge in [0, 0.05) is 10.6 Å². The molecule has 1 nitrogen and oxygen atoms in total. The molecule has 0 aliphatic heterocycles. The van der Waals surface area contributed by atoms with Crippen molar-refractivity contribution in [1.82, 2.24) is 0 Å². The monoisotopic (exact) mass is 304 g/mol. The van der Waals surface area contributed by atoms with E-state index in [0.29, 0.717) is 15.0 Å². The first-order chi connectivity index (χ1) is 6.24. The molecule has 0 saturated carbocycles. The molecule has 0 aliphatic rings. The molecule has 66 valence electrons. The fraction of sp³-hybridized carbons (Fsp3) is 0.100. The maximum absolute atomic E-state index is 11.3. The molecule has 0 amide bonds. The molecule has 0 radical (unpaired) electrons. The topological polar surface area (TPSA) is 17.1 Å². The van der Waals surface area contributed by atoms with Gasteiger partial charge in [-0.15, -0.1) is 0 Å². The van der Waals surface area contributed by atoms with Crippen LogP contribution in [-0.2, 0) is 0 Å². The van der Waals surface area contributed by atoms with E-state index < -0.39 is 0 Å². The Labute approximate surface area is 95.6 Å². The Morgan fingerprint density at radius 2 is 2.00 bits per heavy atom. The van der Waals surface area contributed by atoms with Crippen molar-refractivity contribution in [3.05, 3.63) is 34.9 Å². The number of Topliss-reactive ketones (excluding diaryl/α,β-unsaturated/α-hetero) is 1. The normalized spacial score (nSPS) is 8.77. The van der Waals surface area contributed by atoms with Gasteiger partial charge in [-0.25, -0.2) is 0 Å². The standard InChI is InChI=1S/C10H6ClIO/c11-9-5-3-8(4-6-9)10(13)2-1-7-12/h3-6H,7H2. The molecule has 0 saturated heterocycles. The molecule has 0 unspecified atom stereocenters. The molecule has 0 N–H and O–H groups in total. The summed E-state index contributed by atoms with van der Waals surface area (Å²) in [6.07, 6.45) is 0. The number of halogens is 2. The minimum Gasteiger partial charge on any atom is -0.279 e. The predicted molar refractivity (Wildman–Crippen MR) is 62.4 cm³/mol. The summed E-state index contributed by atoms with van der Waals surface area (Å²) in [6, 6.07) is 6.71. The van der Waals surface area contributed by atoms with Crippen LogP contribution in [-0.4, -0.2) is 10.2 Å². The molecule has 1 rings (SSSR count). The Hall–Kier alpha value is -0.530. The Balaban J connectivity index is 2.84. The first-order valence-electron chi connectivity index (χ1n) is 3.59. The summed E-state index contributed by atoms with van der Waals surface area (Å²) >= 11 is 7.77. The number of hydrogen-bond donors (Lipinski definition) is 0. The second-order valence-electron chi connectivity index (χ2n) is 2.27. The smallest absolute Gasteiger partial charge is 0.235 e. The number of benzene rings is 1. The second kappa shape index (κ2) is 5.25. The first-order valence-corrected chi connectivity index (χ1v) is 5.49. The van der Waals surface area contributed by atoms with Crippen molar-refractivity contribution < 1.29 is 4.79 Å². The Kier molecular flexibility index (Phi) is 4.26. The zero-order valence-corrected chi connectivity index (χ0v) is 9.59. The highest BCUT2D eigenvalue weighted by atomic mass is 127. The van der Waals surface area contributed by atoms with E-state index in [1.54, 1.807) is 24.3 Å². The van der Waals surface area contributed by atoms with E-state index in [2.05, 4.69) is 34.4 Å². The number of carbonyl (C=O) groups is 1. The van der Waals surface area contributed by atoms with Gasteiger partial charge in [0.2, 0.25) is 5.78 Å². The summed E-state index contributed by atoms with van der Waals surface area (Å²) in [6.45, 7) is 0. The first kappa shape index (κ1) is 10.6. The zero-order chi connectivity index (χ0) is 9.68. The number of alkyl halides is 1. The minimum absolute atomic E-state index is 0.159. The van der Waals surface area contributed by atoms with E-state index in [1.807, 2.05) is 0 Å². The van der Waals surface area contributed by atoms with Crippen LogP contribution in [0.4, 0.5) is 0 Å². The molecule has 13 heavy (non-hydrogen) atoms. The third-order valence-electron chi connectivity index (χ3n) is 1.38. The average Bonchev–Trinajstić information content (AvgIpc) is 2.15. The van der Waals surface area contributed by atoms with Crippen molar-refractivity contribution in [3.8, 4) is 11.8 Å². The van der Waals surface area contributed by atoms with Gasteiger partial charge in [0.25, 0.3) is 0 Å². The van der Waals surface area contributed by atoms with Gasteiger partial charge in [0.1, 0.15) is 0 Å². The second-order valence-corrected chi connectivity index (χ2v) is 3.47. The lowest BCUT2D eigenvalue weighted by atomic mass is 10.1. The van der Waals surface area contributed by atoms with E-state index in [4.69, 9.17) is 11.6 Å².